The topological polar surface area (TPSA) is 55.8 Å². The minimum absolute atomic E-state index is 0.178. The molecule has 2 atom stereocenters. The van der Waals surface area contributed by atoms with E-state index in [0.29, 0.717) is 16.6 Å². The number of esters is 2. The molecule has 1 spiro atoms. The first-order valence-electron chi connectivity index (χ1n) is 8.47. The molecule has 138 valence electrons. The van der Waals surface area contributed by atoms with E-state index in [9.17, 15) is 9.59 Å². The number of nitrogens with zero attached hydrogens (tertiary/aromatic N) is 1. The number of carbonyl (C=O) groups is 2. The van der Waals surface area contributed by atoms with Crippen molar-refractivity contribution in [2.45, 2.75) is 44.1 Å². The number of hydrogen-bond acceptors (Lipinski definition) is 5. The summed E-state index contributed by atoms with van der Waals surface area (Å²) < 4.78 is 11.7. The van der Waals surface area contributed by atoms with Crippen LogP contribution in [0.15, 0.2) is 30.4 Å². The predicted octanol–water partition coefficient (Wildman–Crippen LogP) is 3.68. The van der Waals surface area contributed by atoms with Crippen LogP contribution in [0.1, 0.15) is 32.8 Å². The van der Waals surface area contributed by atoms with Gasteiger partial charge in [-0.1, -0.05) is 29.3 Å². The summed E-state index contributed by atoms with van der Waals surface area (Å²) >= 11 is 12.3. The van der Waals surface area contributed by atoms with E-state index in [-0.39, 0.29) is 11.5 Å². The number of fused-ring (bicyclic) bond motifs is 2. The van der Waals surface area contributed by atoms with Crippen LogP contribution in [-0.2, 0) is 24.5 Å². The molecule has 0 aromatic heterocycles. The van der Waals surface area contributed by atoms with Gasteiger partial charge in [-0.2, -0.15) is 0 Å². The summed E-state index contributed by atoms with van der Waals surface area (Å²) in [7, 11) is 0. The van der Waals surface area contributed by atoms with Gasteiger partial charge in [0.1, 0.15) is 0 Å². The summed E-state index contributed by atoms with van der Waals surface area (Å²) in [6.45, 7) is 6.65. The van der Waals surface area contributed by atoms with Gasteiger partial charge in [0.15, 0.2) is 0 Å². The van der Waals surface area contributed by atoms with Gasteiger partial charge in [0, 0.05) is 24.2 Å². The summed E-state index contributed by atoms with van der Waals surface area (Å²) in [4.78, 5) is 26.6. The Kier molecular flexibility index (Phi) is 3.75. The third kappa shape index (κ3) is 2.34. The normalized spacial score (nSPS) is 30.0. The van der Waals surface area contributed by atoms with Crippen molar-refractivity contribution in [3.8, 4) is 0 Å². The quantitative estimate of drug-likeness (QED) is 0.678. The molecule has 1 aromatic carbocycles. The Labute approximate surface area is 161 Å². The van der Waals surface area contributed by atoms with E-state index in [1.807, 2.05) is 31.7 Å². The third-order valence-electron chi connectivity index (χ3n) is 5.51. The molecule has 2 aliphatic heterocycles. The first-order chi connectivity index (χ1) is 12.1. The Balaban J connectivity index is 1.91. The molecule has 0 radical (unpaired) electrons. The molecular formula is C19H19Cl2NO4. The van der Waals surface area contributed by atoms with Crippen LogP contribution in [0.5, 0.6) is 0 Å². The molecule has 0 N–H and O–H groups in total. The average Bonchev–Trinajstić information content (AvgIpc) is 3.23. The molecule has 5 nitrogen and oxygen atoms in total. The lowest BCUT2D eigenvalue weighted by molar-refractivity contribution is -0.302. The molecule has 1 saturated heterocycles. The average molecular weight is 396 g/mol. The lowest BCUT2D eigenvalue weighted by atomic mass is 9.89. The van der Waals surface area contributed by atoms with Gasteiger partial charge in [0.25, 0.3) is 0 Å². The van der Waals surface area contributed by atoms with E-state index in [2.05, 4.69) is 0 Å². The fourth-order valence-corrected chi connectivity index (χ4v) is 4.63. The lowest BCUT2D eigenvalue weighted by Crippen LogP contribution is -2.63. The number of carbonyl (C=O) groups excluding carboxylic acids is 2. The van der Waals surface area contributed by atoms with Crippen LogP contribution in [0.25, 0.3) is 0 Å². The maximum atomic E-state index is 12.3. The van der Waals surface area contributed by atoms with E-state index >= 15 is 0 Å². The van der Waals surface area contributed by atoms with E-state index in [1.54, 1.807) is 12.1 Å². The zero-order chi connectivity index (χ0) is 18.9. The second kappa shape index (κ2) is 5.47. The number of likely N-dealkylation sites (tertiary alicyclic amines) is 1. The number of hydrogen-bond donors (Lipinski definition) is 0. The molecular weight excluding hydrogens is 377 g/mol. The van der Waals surface area contributed by atoms with Crippen LogP contribution < -0.4 is 0 Å². The van der Waals surface area contributed by atoms with Crippen LogP contribution >= 0.6 is 23.2 Å². The highest BCUT2D eigenvalue weighted by atomic mass is 35.5. The monoisotopic (exact) mass is 395 g/mol. The number of halogens is 2. The summed E-state index contributed by atoms with van der Waals surface area (Å²) in [6.07, 6.45) is 2.95. The van der Waals surface area contributed by atoms with E-state index in [0.717, 1.165) is 24.1 Å². The van der Waals surface area contributed by atoms with Gasteiger partial charge in [-0.3, -0.25) is 0 Å². The highest BCUT2D eigenvalue weighted by molar-refractivity contribution is 6.42. The minimum atomic E-state index is -1.51. The number of benzene rings is 1. The van der Waals surface area contributed by atoms with Crippen molar-refractivity contribution >= 4 is 35.1 Å². The van der Waals surface area contributed by atoms with Crippen molar-refractivity contribution in [3.05, 3.63) is 46.0 Å². The first-order valence-corrected chi connectivity index (χ1v) is 9.23. The van der Waals surface area contributed by atoms with E-state index in [1.165, 1.54) is 0 Å². The van der Waals surface area contributed by atoms with Gasteiger partial charge in [0.05, 0.1) is 15.5 Å². The van der Waals surface area contributed by atoms with Crippen LogP contribution in [0.4, 0.5) is 0 Å². The molecule has 2 heterocycles. The Bertz CT molecular complexity index is 824. The highest BCUT2D eigenvalue weighted by Gasteiger charge is 2.81. The fourth-order valence-electron chi connectivity index (χ4n) is 4.33. The first kappa shape index (κ1) is 17.8. The summed E-state index contributed by atoms with van der Waals surface area (Å²) in [5, 5.41) is 0.859. The molecule has 4 rings (SSSR count). The Morgan fingerprint density at radius 1 is 1.08 bits per heavy atom. The Morgan fingerprint density at radius 2 is 1.69 bits per heavy atom. The predicted molar refractivity (Wildman–Crippen MR) is 96.8 cm³/mol. The molecule has 2 fully saturated rings. The van der Waals surface area contributed by atoms with E-state index in [4.69, 9.17) is 32.7 Å². The zero-order valence-corrected chi connectivity index (χ0v) is 16.2. The van der Waals surface area contributed by atoms with Crippen LogP contribution in [0.3, 0.4) is 0 Å². The van der Waals surface area contributed by atoms with Crippen molar-refractivity contribution in [2.24, 2.45) is 5.92 Å². The van der Waals surface area contributed by atoms with Gasteiger partial charge >= 0.3 is 17.8 Å². The van der Waals surface area contributed by atoms with Crippen molar-refractivity contribution in [3.63, 3.8) is 0 Å². The number of rotatable bonds is 1. The van der Waals surface area contributed by atoms with Gasteiger partial charge in [-0.15, -0.1) is 0 Å². The SMILES string of the molecule is CC(C)(C)N1CC2CC2(c2ccc(Cl)c(Cl)c2)C12OC(=O)C=CC(=O)O2. The molecule has 0 bridgehead atoms. The maximum absolute atomic E-state index is 12.3. The molecule has 1 saturated carbocycles. The second-order valence-electron chi connectivity index (χ2n) is 8.04. The van der Waals surface area contributed by atoms with Crippen molar-refractivity contribution in [1.82, 2.24) is 4.90 Å². The molecule has 2 unspecified atom stereocenters. The summed E-state index contributed by atoms with van der Waals surface area (Å²) in [5.41, 5.74) is -0.195. The number of piperidine rings is 1. The van der Waals surface area contributed by atoms with Crippen LogP contribution in [0.2, 0.25) is 10.0 Å². The third-order valence-corrected chi connectivity index (χ3v) is 6.24. The van der Waals surface area contributed by atoms with Crippen LogP contribution in [0, 0.1) is 5.92 Å². The molecule has 1 aromatic rings. The largest absolute Gasteiger partial charge is 0.404 e. The van der Waals surface area contributed by atoms with E-state index < -0.39 is 23.3 Å². The summed E-state index contributed by atoms with van der Waals surface area (Å²) in [6, 6.07) is 5.36. The van der Waals surface area contributed by atoms with Gasteiger partial charge in [0.2, 0.25) is 0 Å². The number of ether oxygens (including phenoxy) is 2. The van der Waals surface area contributed by atoms with Crippen molar-refractivity contribution in [1.29, 1.82) is 0 Å². The van der Waals surface area contributed by atoms with Crippen LogP contribution in [-0.4, -0.2) is 34.8 Å². The smallest absolute Gasteiger partial charge is 0.335 e. The fraction of sp³-hybridized carbons (Fsp3) is 0.474. The summed E-state index contributed by atoms with van der Waals surface area (Å²) in [5.74, 6) is -2.53. The molecule has 3 aliphatic rings. The molecule has 26 heavy (non-hydrogen) atoms. The zero-order valence-electron chi connectivity index (χ0n) is 14.7. The molecule has 0 amide bonds. The molecule has 1 aliphatic carbocycles. The standard InChI is InChI=1S/C19H19Cl2NO4/c1-17(2,3)22-10-12-9-18(12,11-4-5-13(20)14(21)8-11)19(22)25-15(23)6-7-16(24)26-19/h4-8,12H,9-10H2,1-3H3. The minimum Gasteiger partial charge on any atom is -0.404 e. The Hall–Kier alpha value is -1.56. The second-order valence-corrected chi connectivity index (χ2v) is 8.85. The van der Waals surface area contributed by atoms with Crippen molar-refractivity contribution in [2.75, 3.05) is 6.54 Å². The highest BCUT2D eigenvalue weighted by Crippen LogP contribution is 2.69. The van der Waals surface area contributed by atoms with Gasteiger partial charge in [-0.25, -0.2) is 14.5 Å². The Morgan fingerprint density at radius 3 is 2.23 bits per heavy atom. The molecule has 7 heteroatoms. The maximum Gasteiger partial charge on any atom is 0.335 e. The van der Waals surface area contributed by atoms with Gasteiger partial charge in [-0.05, 0) is 50.8 Å². The lowest BCUT2D eigenvalue weighted by Gasteiger charge is -2.47. The van der Waals surface area contributed by atoms with Crippen molar-refractivity contribution < 1.29 is 19.1 Å². The van der Waals surface area contributed by atoms with Gasteiger partial charge < -0.3 is 9.47 Å².